The Morgan fingerprint density at radius 3 is 2.69 bits per heavy atom. The highest BCUT2D eigenvalue weighted by atomic mass is 35.5. The van der Waals surface area contributed by atoms with Gasteiger partial charge in [0, 0.05) is 30.5 Å². The molecule has 7 heteroatoms. The van der Waals surface area contributed by atoms with Crippen LogP contribution in [-0.4, -0.2) is 42.5 Å². The van der Waals surface area contributed by atoms with Crippen LogP contribution in [0.1, 0.15) is 15.9 Å². The number of aryl methyl sites for hydroxylation is 1. The van der Waals surface area contributed by atoms with Gasteiger partial charge in [-0.2, -0.15) is 0 Å². The van der Waals surface area contributed by atoms with E-state index in [-0.39, 0.29) is 12.5 Å². The fourth-order valence-electron chi connectivity index (χ4n) is 2.63. The Morgan fingerprint density at radius 1 is 1.23 bits per heavy atom. The lowest BCUT2D eigenvalue weighted by Crippen LogP contribution is -2.34. The smallest absolute Gasteiger partial charge is 0.251 e. The Hall–Kier alpha value is -2.41. The van der Waals surface area contributed by atoms with Gasteiger partial charge >= 0.3 is 0 Å². The number of nitrogens with zero attached hydrogens (tertiary/aromatic N) is 2. The van der Waals surface area contributed by atoms with E-state index < -0.39 is 6.29 Å². The van der Waals surface area contributed by atoms with Crippen LogP contribution >= 0.6 is 11.6 Å². The van der Waals surface area contributed by atoms with Crippen LogP contribution in [-0.2, 0) is 9.47 Å². The minimum Gasteiger partial charge on any atom is -0.354 e. The number of hydrogen-bond acceptors (Lipinski definition) is 4. The number of hydrogen-bond donors (Lipinski definition) is 1. The Balaban J connectivity index is 1.84. The van der Waals surface area contributed by atoms with E-state index in [1.165, 1.54) is 14.2 Å². The van der Waals surface area contributed by atoms with Crippen LogP contribution in [0, 0.1) is 6.92 Å². The SMILES string of the molecule is COC(CNC(=O)c1ccc2c(c1)ncn2-c1ccc(C)c(Cl)c1)OC. The molecule has 1 heterocycles. The van der Waals surface area contributed by atoms with Crippen LogP contribution in [0.25, 0.3) is 16.7 Å². The topological polar surface area (TPSA) is 65.4 Å². The first-order valence-electron chi connectivity index (χ1n) is 8.11. The van der Waals surface area contributed by atoms with E-state index >= 15 is 0 Å². The summed E-state index contributed by atoms with van der Waals surface area (Å²) in [6, 6.07) is 11.2. The highest BCUT2D eigenvalue weighted by Crippen LogP contribution is 2.23. The number of ether oxygens (including phenoxy) is 2. The van der Waals surface area contributed by atoms with Gasteiger partial charge < -0.3 is 14.8 Å². The first kappa shape index (κ1) is 18.4. The molecule has 3 rings (SSSR count). The standard InChI is InChI=1S/C19H20ClN3O3/c1-12-4-6-14(9-15(12)20)23-11-22-16-8-13(5-7-17(16)23)19(24)21-10-18(25-2)26-3/h4-9,11,18H,10H2,1-3H3,(H,21,24). The average molecular weight is 374 g/mol. The number of rotatable bonds is 6. The van der Waals surface area contributed by atoms with Gasteiger partial charge in [0.2, 0.25) is 0 Å². The lowest BCUT2D eigenvalue weighted by molar-refractivity contribution is -0.0974. The maximum atomic E-state index is 12.3. The molecular weight excluding hydrogens is 354 g/mol. The summed E-state index contributed by atoms with van der Waals surface area (Å²) in [5.74, 6) is -0.209. The number of methoxy groups -OCH3 is 2. The number of fused-ring (bicyclic) bond motifs is 1. The highest BCUT2D eigenvalue weighted by molar-refractivity contribution is 6.31. The zero-order chi connectivity index (χ0) is 18.7. The van der Waals surface area contributed by atoms with E-state index in [2.05, 4.69) is 10.3 Å². The normalized spacial score (nSPS) is 11.3. The van der Waals surface area contributed by atoms with Crippen molar-refractivity contribution in [2.24, 2.45) is 0 Å². The number of halogens is 1. The monoisotopic (exact) mass is 373 g/mol. The molecule has 1 aromatic heterocycles. The summed E-state index contributed by atoms with van der Waals surface area (Å²) in [7, 11) is 3.05. The lowest BCUT2D eigenvalue weighted by Gasteiger charge is -2.14. The molecule has 0 aliphatic carbocycles. The van der Waals surface area contributed by atoms with Crippen LogP contribution in [0.5, 0.6) is 0 Å². The van der Waals surface area contributed by atoms with Crippen LogP contribution in [0.2, 0.25) is 5.02 Å². The molecule has 0 saturated carbocycles. The second-order valence-electron chi connectivity index (χ2n) is 5.86. The largest absolute Gasteiger partial charge is 0.354 e. The molecule has 0 atom stereocenters. The minimum atomic E-state index is -0.479. The van der Waals surface area contributed by atoms with E-state index in [9.17, 15) is 4.79 Å². The third kappa shape index (κ3) is 3.72. The van der Waals surface area contributed by atoms with Crippen molar-refractivity contribution in [1.29, 1.82) is 0 Å². The van der Waals surface area contributed by atoms with Crippen LogP contribution in [0.4, 0.5) is 0 Å². The van der Waals surface area contributed by atoms with Crippen molar-refractivity contribution < 1.29 is 14.3 Å². The van der Waals surface area contributed by atoms with Gasteiger partial charge in [0.15, 0.2) is 6.29 Å². The van der Waals surface area contributed by atoms with E-state index in [1.807, 2.05) is 35.8 Å². The van der Waals surface area contributed by atoms with Crippen molar-refractivity contribution >= 4 is 28.5 Å². The van der Waals surface area contributed by atoms with Crippen LogP contribution in [0.3, 0.4) is 0 Å². The third-order valence-corrected chi connectivity index (χ3v) is 4.61. The molecule has 0 fully saturated rings. The second kappa shape index (κ2) is 7.86. The van der Waals surface area contributed by atoms with Crippen molar-refractivity contribution in [1.82, 2.24) is 14.9 Å². The third-order valence-electron chi connectivity index (χ3n) is 4.20. The van der Waals surface area contributed by atoms with Gasteiger partial charge in [-0.25, -0.2) is 4.98 Å². The predicted molar refractivity (Wildman–Crippen MR) is 101 cm³/mol. The number of imidazole rings is 1. The number of carbonyl (C=O) groups is 1. The first-order chi connectivity index (χ1) is 12.5. The number of carbonyl (C=O) groups excluding carboxylic acids is 1. The molecule has 0 radical (unpaired) electrons. The van der Waals surface area contributed by atoms with Crippen LogP contribution < -0.4 is 5.32 Å². The number of nitrogens with one attached hydrogen (secondary N) is 1. The molecule has 0 aliphatic rings. The summed E-state index contributed by atoms with van der Waals surface area (Å²) in [6.07, 6.45) is 1.24. The summed E-state index contributed by atoms with van der Waals surface area (Å²) in [5, 5.41) is 3.48. The van der Waals surface area contributed by atoms with Crippen LogP contribution in [0.15, 0.2) is 42.7 Å². The number of aromatic nitrogens is 2. The van der Waals surface area contributed by atoms with Crippen molar-refractivity contribution in [2.75, 3.05) is 20.8 Å². The fraction of sp³-hybridized carbons (Fsp3) is 0.263. The average Bonchev–Trinajstić information content (AvgIpc) is 3.07. The maximum absolute atomic E-state index is 12.3. The fourth-order valence-corrected chi connectivity index (χ4v) is 2.81. The van der Waals surface area contributed by atoms with Crippen molar-refractivity contribution in [3.8, 4) is 5.69 Å². The number of amides is 1. The van der Waals surface area contributed by atoms with Crippen molar-refractivity contribution in [3.05, 3.63) is 58.9 Å². The van der Waals surface area contributed by atoms with Gasteiger partial charge in [-0.05, 0) is 42.8 Å². The Bertz CT molecular complexity index is 935. The maximum Gasteiger partial charge on any atom is 0.251 e. The molecule has 3 aromatic rings. The summed E-state index contributed by atoms with van der Waals surface area (Å²) in [4.78, 5) is 16.7. The molecule has 2 aromatic carbocycles. The quantitative estimate of drug-likeness (QED) is 0.673. The Labute approximate surface area is 156 Å². The van der Waals surface area contributed by atoms with Gasteiger partial charge in [0.25, 0.3) is 5.91 Å². The van der Waals surface area contributed by atoms with E-state index in [1.54, 1.807) is 18.5 Å². The van der Waals surface area contributed by atoms with Gasteiger partial charge in [0.05, 0.1) is 17.6 Å². The zero-order valence-corrected chi connectivity index (χ0v) is 15.6. The molecule has 0 aliphatic heterocycles. The number of benzene rings is 2. The molecule has 1 amide bonds. The molecule has 26 heavy (non-hydrogen) atoms. The van der Waals surface area contributed by atoms with Gasteiger partial charge in [-0.15, -0.1) is 0 Å². The molecule has 0 unspecified atom stereocenters. The van der Waals surface area contributed by atoms with Crippen molar-refractivity contribution in [2.45, 2.75) is 13.2 Å². The summed E-state index contributed by atoms with van der Waals surface area (Å²) in [6.45, 7) is 2.22. The minimum absolute atomic E-state index is 0.209. The summed E-state index contributed by atoms with van der Waals surface area (Å²) in [5.41, 5.74) is 4.08. The van der Waals surface area contributed by atoms with Gasteiger partial charge in [0.1, 0.15) is 6.33 Å². The lowest BCUT2D eigenvalue weighted by atomic mass is 10.1. The molecule has 0 saturated heterocycles. The van der Waals surface area contributed by atoms with Gasteiger partial charge in [-0.3, -0.25) is 9.36 Å². The molecule has 1 N–H and O–H groups in total. The second-order valence-corrected chi connectivity index (χ2v) is 6.27. The zero-order valence-electron chi connectivity index (χ0n) is 14.8. The first-order valence-corrected chi connectivity index (χ1v) is 8.48. The molecule has 136 valence electrons. The van der Waals surface area contributed by atoms with E-state index in [0.717, 1.165) is 22.3 Å². The molecule has 0 bridgehead atoms. The Morgan fingerprint density at radius 2 is 2.00 bits per heavy atom. The predicted octanol–water partition coefficient (Wildman–Crippen LogP) is 3.34. The summed E-state index contributed by atoms with van der Waals surface area (Å²) >= 11 is 6.23. The molecule has 6 nitrogen and oxygen atoms in total. The highest BCUT2D eigenvalue weighted by Gasteiger charge is 2.12. The van der Waals surface area contributed by atoms with Gasteiger partial charge in [-0.1, -0.05) is 17.7 Å². The molecule has 0 spiro atoms. The Kier molecular flexibility index (Phi) is 5.56. The van der Waals surface area contributed by atoms with E-state index in [0.29, 0.717) is 10.6 Å². The van der Waals surface area contributed by atoms with E-state index in [4.69, 9.17) is 21.1 Å². The summed E-state index contributed by atoms with van der Waals surface area (Å²) < 4.78 is 12.1. The van der Waals surface area contributed by atoms with Crippen molar-refractivity contribution in [3.63, 3.8) is 0 Å². The molecular formula is C19H20ClN3O3.